The molecule has 2 aliphatic heterocycles. The minimum atomic E-state index is -4.75. The number of rotatable bonds is 7. The highest BCUT2D eigenvalue weighted by Crippen LogP contribution is 2.36. The predicted octanol–water partition coefficient (Wildman–Crippen LogP) is 4.87. The molecule has 0 saturated carbocycles. The normalized spacial score (nSPS) is 24.5. The molecule has 2 aromatic carbocycles. The molecule has 2 saturated heterocycles. The molecule has 1 unspecified atom stereocenters. The van der Waals surface area contributed by atoms with Gasteiger partial charge in [0.05, 0.1) is 15.6 Å². The van der Waals surface area contributed by atoms with Crippen molar-refractivity contribution in [3.8, 4) is 0 Å². The summed E-state index contributed by atoms with van der Waals surface area (Å²) >= 11 is 12.5. The Morgan fingerprint density at radius 2 is 1.86 bits per heavy atom. The van der Waals surface area contributed by atoms with Crippen LogP contribution in [0.15, 0.2) is 36.4 Å². The molecule has 0 amide bonds. The standard InChI is InChI=1S/C26H30Cl2F4N4O/c1-16-11-35(8-7-33-16)25(15-37)36-13-19(18-4-6-21(27)22(28)10-18)24(14-36)34(2)12-17-3-5-20(23(29)9-17)26(30,31)32/h3-6,9-10,15-16,19,24-25,33H,7-8,11-14H2,1-2H3/t16-,19-,24-,25?/m1/s1. The van der Waals surface area contributed by atoms with Gasteiger partial charge in [0.2, 0.25) is 0 Å². The predicted molar refractivity (Wildman–Crippen MR) is 136 cm³/mol. The molecule has 11 heteroatoms. The van der Waals surface area contributed by atoms with E-state index in [1.165, 1.54) is 6.07 Å². The van der Waals surface area contributed by atoms with Crippen LogP contribution in [-0.2, 0) is 17.5 Å². The Morgan fingerprint density at radius 3 is 2.49 bits per heavy atom. The first kappa shape index (κ1) is 28.3. The molecule has 2 aromatic rings. The number of carbonyl (C=O) groups excluding carboxylic acids is 1. The Bertz CT molecular complexity index is 1120. The molecule has 2 aliphatic rings. The van der Waals surface area contributed by atoms with E-state index in [0.717, 1.165) is 43.6 Å². The van der Waals surface area contributed by atoms with Crippen molar-refractivity contribution >= 4 is 29.5 Å². The number of alkyl halides is 3. The van der Waals surface area contributed by atoms with E-state index >= 15 is 0 Å². The molecule has 37 heavy (non-hydrogen) atoms. The van der Waals surface area contributed by atoms with Gasteiger partial charge in [-0.25, -0.2) is 4.39 Å². The van der Waals surface area contributed by atoms with Crippen molar-refractivity contribution in [2.75, 3.05) is 39.8 Å². The van der Waals surface area contributed by atoms with E-state index in [-0.39, 0.29) is 24.5 Å². The van der Waals surface area contributed by atoms with Crippen molar-refractivity contribution in [2.45, 2.75) is 43.8 Å². The van der Waals surface area contributed by atoms with Gasteiger partial charge in [-0.3, -0.25) is 14.7 Å². The lowest BCUT2D eigenvalue weighted by Crippen LogP contribution is -2.58. The Balaban J connectivity index is 1.59. The summed E-state index contributed by atoms with van der Waals surface area (Å²) in [5.41, 5.74) is 0.103. The average molecular weight is 561 g/mol. The zero-order valence-corrected chi connectivity index (χ0v) is 22.1. The number of hydrogen-bond acceptors (Lipinski definition) is 5. The van der Waals surface area contributed by atoms with E-state index in [9.17, 15) is 22.4 Å². The van der Waals surface area contributed by atoms with Crippen molar-refractivity contribution in [1.82, 2.24) is 20.0 Å². The largest absolute Gasteiger partial charge is 0.419 e. The summed E-state index contributed by atoms with van der Waals surface area (Å²) in [7, 11) is 1.86. The first-order valence-electron chi connectivity index (χ1n) is 12.2. The number of nitrogens with one attached hydrogen (secondary N) is 1. The van der Waals surface area contributed by atoms with Gasteiger partial charge < -0.3 is 10.1 Å². The molecule has 2 fully saturated rings. The van der Waals surface area contributed by atoms with E-state index < -0.39 is 23.7 Å². The second kappa shape index (κ2) is 11.6. The van der Waals surface area contributed by atoms with Crippen molar-refractivity contribution < 1.29 is 22.4 Å². The summed E-state index contributed by atoms with van der Waals surface area (Å²) in [6.07, 6.45) is -4.18. The molecular weight excluding hydrogens is 531 g/mol. The van der Waals surface area contributed by atoms with Crippen molar-refractivity contribution in [3.63, 3.8) is 0 Å². The van der Waals surface area contributed by atoms with Crippen LogP contribution >= 0.6 is 23.2 Å². The summed E-state index contributed by atoms with van der Waals surface area (Å²) in [6.45, 7) is 5.72. The number of likely N-dealkylation sites (N-methyl/N-ethyl adjacent to an activating group) is 1. The van der Waals surface area contributed by atoms with Gasteiger partial charge in [0, 0.05) is 57.3 Å². The summed E-state index contributed by atoms with van der Waals surface area (Å²) in [5.74, 6) is -1.34. The fourth-order valence-electron chi connectivity index (χ4n) is 5.45. The second-order valence-electron chi connectivity index (χ2n) is 9.93. The molecule has 0 radical (unpaired) electrons. The molecule has 0 aliphatic carbocycles. The lowest BCUT2D eigenvalue weighted by molar-refractivity contribution is -0.140. The van der Waals surface area contributed by atoms with Gasteiger partial charge in [-0.05, 0) is 49.4 Å². The van der Waals surface area contributed by atoms with Gasteiger partial charge in [-0.15, -0.1) is 0 Å². The van der Waals surface area contributed by atoms with Crippen LogP contribution in [0.3, 0.4) is 0 Å². The van der Waals surface area contributed by atoms with E-state index in [4.69, 9.17) is 23.2 Å². The van der Waals surface area contributed by atoms with Crippen molar-refractivity contribution in [1.29, 1.82) is 0 Å². The number of piperazine rings is 1. The topological polar surface area (TPSA) is 38.8 Å². The quantitative estimate of drug-likeness (QED) is 0.386. The molecule has 0 bridgehead atoms. The maximum Gasteiger partial charge on any atom is 0.419 e. The summed E-state index contributed by atoms with van der Waals surface area (Å²) in [6, 6.07) is 8.64. The first-order chi connectivity index (χ1) is 17.5. The first-order valence-corrected chi connectivity index (χ1v) is 12.9. The molecule has 202 valence electrons. The van der Waals surface area contributed by atoms with Gasteiger partial charge in [-0.1, -0.05) is 35.3 Å². The third-order valence-electron chi connectivity index (χ3n) is 7.30. The molecule has 0 spiro atoms. The number of hydrogen-bond donors (Lipinski definition) is 1. The summed E-state index contributed by atoms with van der Waals surface area (Å²) < 4.78 is 53.2. The monoisotopic (exact) mass is 560 g/mol. The third kappa shape index (κ3) is 6.46. The Hall–Kier alpha value is -1.75. The number of nitrogens with zero attached hydrogens (tertiary/aromatic N) is 3. The van der Waals surface area contributed by atoms with Crippen LogP contribution in [-0.4, -0.2) is 79.0 Å². The second-order valence-corrected chi connectivity index (χ2v) is 10.7. The summed E-state index contributed by atoms with van der Waals surface area (Å²) in [5, 5.41) is 4.25. The number of benzene rings is 2. The number of carbonyl (C=O) groups is 1. The maximum absolute atomic E-state index is 14.2. The van der Waals surface area contributed by atoms with Gasteiger partial charge >= 0.3 is 6.18 Å². The van der Waals surface area contributed by atoms with E-state index in [2.05, 4.69) is 22.0 Å². The SMILES string of the molecule is C[C@@H]1CN(C(C=O)N2C[C@H](c3ccc(Cl)c(Cl)c3)[C@H](N(C)Cc3ccc(C(F)(F)F)c(F)c3)C2)CCN1. The van der Waals surface area contributed by atoms with Crippen LogP contribution in [0, 0.1) is 5.82 Å². The maximum atomic E-state index is 14.2. The molecule has 4 rings (SSSR count). The molecular formula is C26H30Cl2F4N4O. The van der Waals surface area contributed by atoms with Crippen LogP contribution in [0.2, 0.25) is 10.0 Å². The van der Waals surface area contributed by atoms with E-state index in [1.807, 2.05) is 24.1 Å². The fraction of sp³-hybridized carbons (Fsp3) is 0.500. The smallest absolute Gasteiger partial charge is 0.312 e. The third-order valence-corrected chi connectivity index (χ3v) is 8.04. The number of likely N-dealkylation sites (tertiary alicyclic amines) is 1. The minimum absolute atomic E-state index is 0.0538. The lowest BCUT2D eigenvalue weighted by atomic mass is 9.93. The summed E-state index contributed by atoms with van der Waals surface area (Å²) in [4.78, 5) is 18.6. The number of halogens is 6. The molecule has 5 nitrogen and oxygen atoms in total. The van der Waals surface area contributed by atoms with Crippen molar-refractivity contribution in [2.24, 2.45) is 0 Å². The molecule has 1 N–H and O–H groups in total. The molecule has 2 heterocycles. The fourth-order valence-corrected chi connectivity index (χ4v) is 5.75. The number of aldehydes is 1. The van der Waals surface area contributed by atoms with Gasteiger partial charge in [0.1, 0.15) is 12.0 Å². The molecule has 0 aromatic heterocycles. The highest BCUT2D eigenvalue weighted by Gasteiger charge is 2.41. The lowest BCUT2D eigenvalue weighted by Gasteiger charge is -2.39. The highest BCUT2D eigenvalue weighted by molar-refractivity contribution is 6.42. The van der Waals surface area contributed by atoms with Gasteiger partial charge in [0.25, 0.3) is 0 Å². The Labute approximate surface area is 224 Å². The van der Waals surface area contributed by atoms with Crippen LogP contribution in [0.1, 0.15) is 29.5 Å². The van der Waals surface area contributed by atoms with Crippen molar-refractivity contribution in [3.05, 3.63) is 69.0 Å². The minimum Gasteiger partial charge on any atom is -0.312 e. The van der Waals surface area contributed by atoms with Crippen LogP contribution in [0.25, 0.3) is 0 Å². The van der Waals surface area contributed by atoms with Crippen LogP contribution in [0.4, 0.5) is 17.6 Å². The highest BCUT2D eigenvalue weighted by atomic mass is 35.5. The van der Waals surface area contributed by atoms with Gasteiger partial charge in [0.15, 0.2) is 6.29 Å². The molecule has 4 atom stereocenters. The van der Waals surface area contributed by atoms with E-state index in [1.54, 1.807) is 6.07 Å². The van der Waals surface area contributed by atoms with Gasteiger partial charge in [-0.2, -0.15) is 13.2 Å². The van der Waals surface area contributed by atoms with Crippen LogP contribution < -0.4 is 5.32 Å². The average Bonchev–Trinajstić information content (AvgIpc) is 3.26. The Kier molecular flexibility index (Phi) is 8.82. The van der Waals surface area contributed by atoms with E-state index in [0.29, 0.717) is 28.7 Å². The Morgan fingerprint density at radius 1 is 1.11 bits per heavy atom. The zero-order chi connectivity index (χ0) is 26.9. The van der Waals surface area contributed by atoms with Crippen LogP contribution in [0.5, 0.6) is 0 Å². The zero-order valence-electron chi connectivity index (χ0n) is 20.6.